The monoisotopic (exact) mass is 464 g/mol. The van der Waals surface area contributed by atoms with Crippen molar-refractivity contribution >= 4 is 39.9 Å². The molecule has 0 unspecified atom stereocenters. The molecular formula is C24H28N6O2S. The molecule has 0 bridgehead atoms. The van der Waals surface area contributed by atoms with Gasteiger partial charge in [0.1, 0.15) is 0 Å². The highest BCUT2D eigenvalue weighted by Crippen LogP contribution is 2.26. The quantitative estimate of drug-likeness (QED) is 0.245. The first-order valence-electron chi connectivity index (χ1n) is 10.6. The van der Waals surface area contributed by atoms with E-state index >= 15 is 0 Å². The lowest BCUT2D eigenvalue weighted by molar-refractivity contribution is -0.114. The molecule has 8 nitrogen and oxygen atoms in total. The summed E-state index contributed by atoms with van der Waals surface area (Å²) in [6.45, 7) is 1.48. The number of anilines is 2. The van der Waals surface area contributed by atoms with Crippen LogP contribution < -0.4 is 21.7 Å². The van der Waals surface area contributed by atoms with Crippen molar-refractivity contribution in [3.8, 4) is 0 Å². The highest BCUT2D eigenvalue weighted by molar-refractivity contribution is 7.15. The molecule has 0 fully saturated rings. The fourth-order valence-electron chi connectivity index (χ4n) is 3.38. The number of hydrogen-bond donors (Lipinski definition) is 5. The number of guanidine groups is 1. The third kappa shape index (κ3) is 7.15. The number of carbonyl (C=O) groups is 2. The second-order valence-electron chi connectivity index (χ2n) is 7.58. The van der Waals surface area contributed by atoms with Crippen LogP contribution >= 0.6 is 11.3 Å². The highest BCUT2D eigenvalue weighted by atomic mass is 32.1. The van der Waals surface area contributed by atoms with Crippen molar-refractivity contribution in [3.05, 3.63) is 75.8 Å². The maximum atomic E-state index is 11.7. The molecule has 2 aromatic carbocycles. The van der Waals surface area contributed by atoms with Crippen molar-refractivity contribution in [1.82, 2.24) is 10.3 Å². The number of nitrogens with two attached hydrogens (primary N) is 1. The van der Waals surface area contributed by atoms with Crippen molar-refractivity contribution in [2.45, 2.75) is 32.6 Å². The van der Waals surface area contributed by atoms with Crippen molar-refractivity contribution in [3.63, 3.8) is 0 Å². The van der Waals surface area contributed by atoms with Gasteiger partial charge in [0.2, 0.25) is 5.91 Å². The maximum Gasteiger partial charge on any atom is 0.251 e. The average Bonchev–Trinajstić information content (AvgIpc) is 3.17. The van der Waals surface area contributed by atoms with Crippen LogP contribution in [0.2, 0.25) is 0 Å². The molecule has 0 saturated heterocycles. The van der Waals surface area contributed by atoms with Crippen molar-refractivity contribution in [1.29, 1.82) is 5.41 Å². The first kappa shape index (κ1) is 23.9. The maximum absolute atomic E-state index is 11.7. The molecule has 2 amide bonds. The van der Waals surface area contributed by atoms with Gasteiger partial charge in [-0.15, -0.1) is 11.3 Å². The summed E-state index contributed by atoms with van der Waals surface area (Å²) < 4.78 is 0. The van der Waals surface area contributed by atoms with Gasteiger partial charge in [-0.3, -0.25) is 15.0 Å². The predicted molar refractivity (Wildman–Crippen MR) is 133 cm³/mol. The number of nitrogens with one attached hydrogen (secondary N) is 4. The second kappa shape index (κ2) is 11.2. The van der Waals surface area contributed by atoms with Gasteiger partial charge in [0.05, 0.1) is 5.69 Å². The summed E-state index contributed by atoms with van der Waals surface area (Å²) >= 11 is 1.51. The Balaban J connectivity index is 1.68. The summed E-state index contributed by atoms with van der Waals surface area (Å²) in [5.41, 5.74) is 10.0. The third-order valence-electron chi connectivity index (χ3n) is 5.03. The van der Waals surface area contributed by atoms with Gasteiger partial charge in [-0.25, -0.2) is 4.98 Å². The molecule has 1 aromatic heterocycles. The molecule has 1 heterocycles. The lowest BCUT2D eigenvalue weighted by atomic mass is 10.0. The SMILES string of the molecule is CNC(=O)c1ccc(CCc2sc(NC(C)=O)nc2CCc2ccc(NC(=N)N)cc2)cc1. The van der Waals surface area contributed by atoms with E-state index < -0.39 is 0 Å². The minimum Gasteiger partial charge on any atom is -0.370 e. The fraction of sp³-hybridized carbons (Fsp3) is 0.250. The first-order valence-corrected chi connectivity index (χ1v) is 11.4. The van der Waals surface area contributed by atoms with Crippen LogP contribution in [0, 0.1) is 5.41 Å². The molecule has 33 heavy (non-hydrogen) atoms. The number of hydrogen-bond acceptors (Lipinski definition) is 5. The molecule has 0 spiro atoms. The van der Waals surface area contributed by atoms with E-state index in [1.54, 1.807) is 7.05 Å². The van der Waals surface area contributed by atoms with Gasteiger partial charge in [-0.05, 0) is 61.1 Å². The number of nitrogens with zero attached hydrogens (tertiary/aromatic N) is 1. The van der Waals surface area contributed by atoms with Crippen LogP contribution in [0.15, 0.2) is 48.5 Å². The van der Waals surface area contributed by atoms with Crippen molar-refractivity contribution < 1.29 is 9.59 Å². The van der Waals surface area contributed by atoms with Crippen LogP contribution in [0.25, 0.3) is 0 Å². The van der Waals surface area contributed by atoms with E-state index in [0.29, 0.717) is 10.7 Å². The molecule has 3 aromatic rings. The van der Waals surface area contributed by atoms with Crippen LogP contribution in [0.1, 0.15) is 39.0 Å². The van der Waals surface area contributed by atoms with Gasteiger partial charge in [0, 0.05) is 30.1 Å². The second-order valence-corrected chi connectivity index (χ2v) is 8.67. The summed E-state index contributed by atoms with van der Waals surface area (Å²) in [6.07, 6.45) is 3.17. The molecule has 172 valence electrons. The topological polar surface area (TPSA) is 133 Å². The van der Waals surface area contributed by atoms with E-state index in [1.165, 1.54) is 18.3 Å². The Kier molecular flexibility index (Phi) is 8.15. The minimum atomic E-state index is -0.139. The zero-order chi connectivity index (χ0) is 23.8. The standard InChI is InChI=1S/C24H28N6O2S/c1-15(31)28-24-30-20(13-7-17-5-11-19(12-6-17)29-23(25)26)21(33-24)14-8-16-3-9-18(10-4-16)22(32)27-2/h3-6,9-12H,7-8,13-14H2,1-2H3,(H,27,32)(H4,25,26,29)(H,28,30,31). The Morgan fingerprint density at radius 3 is 2.12 bits per heavy atom. The Hall–Kier alpha value is -3.72. The van der Waals surface area contributed by atoms with Crippen molar-refractivity contribution in [2.24, 2.45) is 5.73 Å². The molecule has 3 rings (SSSR count). The van der Waals surface area contributed by atoms with E-state index in [9.17, 15) is 9.59 Å². The molecule has 0 saturated carbocycles. The molecule has 6 N–H and O–H groups in total. The number of aryl methyl sites for hydroxylation is 4. The summed E-state index contributed by atoms with van der Waals surface area (Å²) in [4.78, 5) is 29.0. The Labute approximate surface area is 197 Å². The normalized spacial score (nSPS) is 10.5. The molecule has 0 atom stereocenters. The zero-order valence-corrected chi connectivity index (χ0v) is 19.5. The lowest BCUT2D eigenvalue weighted by Gasteiger charge is -2.06. The zero-order valence-electron chi connectivity index (χ0n) is 18.7. The number of thiazole rings is 1. The van der Waals surface area contributed by atoms with Crippen LogP contribution in [0.5, 0.6) is 0 Å². The van der Waals surface area contributed by atoms with Gasteiger partial charge in [-0.2, -0.15) is 0 Å². The number of benzene rings is 2. The Morgan fingerprint density at radius 2 is 1.55 bits per heavy atom. The third-order valence-corrected chi connectivity index (χ3v) is 6.10. The van der Waals surface area contributed by atoms with Gasteiger partial charge in [0.25, 0.3) is 5.91 Å². The first-order chi connectivity index (χ1) is 15.8. The molecule has 0 aliphatic heterocycles. The largest absolute Gasteiger partial charge is 0.370 e. The Morgan fingerprint density at radius 1 is 0.939 bits per heavy atom. The highest BCUT2D eigenvalue weighted by Gasteiger charge is 2.13. The summed E-state index contributed by atoms with van der Waals surface area (Å²) in [5.74, 6) is -0.333. The van der Waals surface area contributed by atoms with Crippen LogP contribution in [-0.2, 0) is 30.5 Å². The number of amides is 2. The smallest absolute Gasteiger partial charge is 0.251 e. The summed E-state index contributed by atoms with van der Waals surface area (Å²) in [5, 5.41) is 16.1. The van der Waals surface area contributed by atoms with E-state index in [0.717, 1.165) is 53.1 Å². The molecular weight excluding hydrogens is 436 g/mol. The molecule has 9 heteroatoms. The van der Waals surface area contributed by atoms with Crippen molar-refractivity contribution in [2.75, 3.05) is 17.7 Å². The fourth-order valence-corrected chi connectivity index (χ4v) is 4.43. The van der Waals surface area contributed by atoms with Gasteiger partial charge in [0.15, 0.2) is 11.1 Å². The van der Waals surface area contributed by atoms with Crippen LogP contribution in [0.4, 0.5) is 10.8 Å². The molecule has 0 aliphatic rings. The number of rotatable bonds is 9. The lowest BCUT2D eigenvalue weighted by Crippen LogP contribution is -2.20. The summed E-state index contributed by atoms with van der Waals surface area (Å²) in [7, 11) is 1.62. The van der Waals surface area contributed by atoms with Gasteiger partial charge in [-0.1, -0.05) is 24.3 Å². The van der Waals surface area contributed by atoms with E-state index in [1.807, 2.05) is 48.5 Å². The molecule has 0 radical (unpaired) electrons. The van der Waals surface area contributed by atoms with Crippen LogP contribution in [0.3, 0.4) is 0 Å². The number of carbonyl (C=O) groups excluding carboxylic acids is 2. The predicted octanol–water partition coefficient (Wildman–Crippen LogP) is 3.34. The van der Waals surface area contributed by atoms with Gasteiger partial charge >= 0.3 is 0 Å². The average molecular weight is 465 g/mol. The Bertz CT molecular complexity index is 1120. The van der Waals surface area contributed by atoms with E-state index in [4.69, 9.17) is 11.1 Å². The van der Waals surface area contributed by atoms with E-state index in [-0.39, 0.29) is 17.8 Å². The van der Waals surface area contributed by atoms with Gasteiger partial charge < -0.3 is 21.7 Å². The summed E-state index contributed by atoms with van der Waals surface area (Å²) in [6, 6.07) is 15.4. The molecule has 0 aliphatic carbocycles. The van der Waals surface area contributed by atoms with E-state index in [2.05, 4.69) is 20.9 Å². The van der Waals surface area contributed by atoms with Crippen LogP contribution in [-0.4, -0.2) is 29.8 Å². The minimum absolute atomic E-state index is 0.0939. The number of aromatic nitrogens is 1.